The van der Waals surface area contributed by atoms with E-state index >= 15 is 0 Å². The second-order valence-electron chi connectivity index (χ2n) is 8.19. The van der Waals surface area contributed by atoms with Gasteiger partial charge in [0.15, 0.2) is 0 Å². The Kier molecular flexibility index (Phi) is 6.09. The third-order valence-electron chi connectivity index (χ3n) is 5.90. The number of halogens is 2. The van der Waals surface area contributed by atoms with Gasteiger partial charge < -0.3 is 20.6 Å². The monoisotopic (exact) mass is 448 g/mol. The molecular formula is C22H26Cl2N4O2. The maximum absolute atomic E-state index is 12.5. The van der Waals surface area contributed by atoms with Crippen LogP contribution in [0.25, 0.3) is 0 Å². The number of hydrogen-bond acceptors (Lipinski definition) is 4. The van der Waals surface area contributed by atoms with Crippen LogP contribution in [0.2, 0.25) is 10.0 Å². The summed E-state index contributed by atoms with van der Waals surface area (Å²) < 4.78 is 0. The Labute approximate surface area is 186 Å². The SMILES string of the molecule is CC1(O)CCc2c1cc(Cl)c(NC(=O)NCc1cccc(N3CCCCC3)n1)c2Cl. The van der Waals surface area contributed by atoms with Crippen molar-refractivity contribution in [3.05, 3.63) is 51.1 Å². The lowest BCUT2D eigenvalue weighted by molar-refractivity contribution is 0.0595. The number of aromatic nitrogens is 1. The molecule has 4 rings (SSSR count). The molecule has 30 heavy (non-hydrogen) atoms. The van der Waals surface area contributed by atoms with Gasteiger partial charge in [0.05, 0.1) is 33.6 Å². The number of hydrogen-bond donors (Lipinski definition) is 3. The molecule has 1 atom stereocenters. The highest BCUT2D eigenvalue weighted by Gasteiger charge is 2.35. The highest BCUT2D eigenvalue weighted by molar-refractivity contribution is 6.40. The van der Waals surface area contributed by atoms with Crippen LogP contribution in [0.4, 0.5) is 16.3 Å². The number of anilines is 2. The first-order valence-electron chi connectivity index (χ1n) is 10.3. The number of carbonyl (C=O) groups excluding carboxylic acids is 1. The number of carbonyl (C=O) groups is 1. The molecule has 2 heterocycles. The van der Waals surface area contributed by atoms with Gasteiger partial charge in [0, 0.05) is 13.1 Å². The molecule has 1 aromatic carbocycles. The van der Waals surface area contributed by atoms with E-state index in [0.717, 1.165) is 35.7 Å². The topological polar surface area (TPSA) is 77.5 Å². The van der Waals surface area contributed by atoms with Gasteiger partial charge in [-0.25, -0.2) is 9.78 Å². The predicted molar refractivity (Wildman–Crippen MR) is 121 cm³/mol. The second kappa shape index (κ2) is 8.61. The molecule has 0 saturated carbocycles. The lowest BCUT2D eigenvalue weighted by atomic mass is 9.98. The minimum Gasteiger partial charge on any atom is -0.385 e. The molecule has 3 N–H and O–H groups in total. The van der Waals surface area contributed by atoms with Crippen molar-refractivity contribution in [2.45, 2.75) is 51.2 Å². The maximum atomic E-state index is 12.5. The number of nitrogens with one attached hydrogen (secondary N) is 2. The van der Waals surface area contributed by atoms with Crippen LogP contribution >= 0.6 is 23.2 Å². The second-order valence-corrected chi connectivity index (χ2v) is 8.98. The van der Waals surface area contributed by atoms with Crippen molar-refractivity contribution in [1.29, 1.82) is 0 Å². The van der Waals surface area contributed by atoms with Crippen LogP contribution in [0.1, 0.15) is 49.4 Å². The molecule has 2 aromatic rings. The third kappa shape index (κ3) is 4.36. The van der Waals surface area contributed by atoms with Gasteiger partial charge in [-0.3, -0.25) is 0 Å². The summed E-state index contributed by atoms with van der Waals surface area (Å²) in [5.41, 5.74) is 1.76. The largest absolute Gasteiger partial charge is 0.385 e. The smallest absolute Gasteiger partial charge is 0.319 e. The minimum absolute atomic E-state index is 0.294. The molecule has 2 aliphatic rings. The average molecular weight is 449 g/mol. The van der Waals surface area contributed by atoms with Gasteiger partial charge in [0.1, 0.15) is 5.82 Å². The number of rotatable bonds is 4. The number of piperidine rings is 1. The van der Waals surface area contributed by atoms with E-state index in [2.05, 4.69) is 20.5 Å². The molecule has 1 unspecified atom stereocenters. The summed E-state index contributed by atoms with van der Waals surface area (Å²) in [7, 11) is 0. The van der Waals surface area contributed by atoms with Gasteiger partial charge in [0.2, 0.25) is 0 Å². The molecule has 0 spiro atoms. The molecule has 1 aliphatic heterocycles. The fraction of sp³-hybridized carbons (Fsp3) is 0.455. The van der Waals surface area contributed by atoms with Crippen LogP contribution in [0.5, 0.6) is 0 Å². The third-order valence-corrected chi connectivity index (χ3v) is 6.62. The van der Waals surface area contributed by atoms with Crippen molar-refractivity contribution < 1.29 is 9.90 Å². The number of pyridine rings is 1. The number of fused-ring (bicyclic) bond motifs is 1. The molecule has 6 nitrogen and oxygen atoms in total. The fourth-order valence-corrected chi connectivity index (χ4v) is 4.84. The highest BCUT2D eigenvalue weighted by atomic mass is 35.5. The van der Waals surface area contributed by atoms with Crippen molar-refractivity contribution in [2.75, 3.05) is 23.3 Å². The number of nitrogens with zero attached hydrogens (tertiary/aromatic N) is 2. The van der Waals surface area contributed by atoms with Crippen LogP contribution in [0, 0.1) is 0 Å². The Balaban J connectivity index is 1.41. The Hall–Kier alpha value is -2.02. The van der Waals surface area contributed by atoms with E-state index in [4.69, 9.17) is 23.2 Å². The van der Waals surface area contributed by atoms with E-state index in [0.29, 0.717) is 35.1 Å². The van der Waals surface area contributed by atoms with E-state index in [1.807, 2.05) is 18.2 Å². The first-order valence-corrected chi connectivity index (χ1v) is 11.1. The predicted octanol–water partition coefficient (Wildman–Crippen LogP) is 4.85. The zero-order valence-corrected chi connectivity index (χ0v) is 18.5. The van der Waals surface area contributed by atoms with E-state index in [1.165, 1.54) is 19.3 Å². The summed E-state index contributed by atoms with van der Waals surface area (Å²) in [6, 6.07) is 7.15. The van der Waals surface area contributed by atoms with Crippen LogP contribution in [0.3, 0.4) is 0 Å². The first-order chi connectivity index (χ1) is 14.3. The Morgan fingerprint density at radius 3 is 2.80 bits per heavy atom. The average Bonchev–Trinajstić information content (AvgIpc) is 3.05. The molecule has 160 valence electrons. The number of aliphatic hydroxyl groups is 1. The van der Waals surface area contributed by atoms with Crippen LogP contribution in [0.15, 0.2) is 24.3 Å². The summed E-state index contributed by atoms with van der Waals surface area (Å²) in [6.45, 7) is 4.08. The zero-order chi connectivity index (χ0) is 21.3. The Morgan fingerprint density at radius 2 is 2.03 bits per heavy atom. The molecule has 1 aromatic heterocycles. The number of amides is 2. The van der Waals surface area contributed by atoms with E-state index in [1.54, 1.807) is 13.0 Å². The fourth-order valence-electron chi connectivity index (χ4n) is 4.20. The highest BCUT2D eigenvalue weighted by Crippen LogP contribution is 2.45. The molecule has 8 heteroatoms. The lowest BCUT2D eigenvalue weighted by Gasteiger charge is -2.28. The van der Waals surface area contributed by atoms with E-state index in [9.17, 15) is 9.90 Å². The summed E-state index contributed by atoms with van der Waals surface area (Å²) in [5, 5.41) is 16.7. The van der Waals surface area contributed by atoms with E-state index in [-0.39, 0.29) is 0 Å². The molecule has 0 bridgehead atoms. The Morgan fingerprint density at radius 1 is 1.27 bits per heavy atom. The van der Waals surface area contributed by atoms with Gasteiger partial charge >= 0.3 is 6.03 Å². The van der Waals surface area contributed by atoms with Crippen LogP contribution in [-0.2, 0) is 18.6 Å². The standard InChI is InChI=1S/C22H26Cl2N4O2/c1-22(30)9-8-15-16(22)12-17(23)20(19(15)24)27-21(29)25-13-14-6-5-7-18(26-14)28-10-3-2-4-11-28/h5-7,12,30H,2-4,8-11,13H2,1H3,(H2,25,27,29). The maximum Gasteiger partial charge on any atom is 0.319 e. The minimum atomic E-state index is -0.950. The van der Waals surface area contributed by atoms with Gasteiger partial charge in [0.25, 0.3) is 0 Å². The van der Waals surface area contributed by atoms with Crippen molar-refractivity contribution in [3.8, 4) is 0 Å². The zero-order valence-electron chi connectivity index (χ0n) is 17.0. The summed E-state index contributed by atoms with van der Waals surface area (Å²) in [4.78, 5) is 19.4. The summed E-state index contributed by atoms with van der Waals surface area (Å²) in [5.74, 6) is 0.950. The lowest BCUT2D eigenvalue weighted by Crippen LogP contribution is -2.31. The van der Waals surface area contributed by atoms with Gasteiger partial charge in [-0.15, -0.1) is 0 Å². The van der Waals surface area contributed by atoms with Crippen molar-refractivity contribution in [1.82, 2.24) is 10.3 Å². The van der Waals surface area contributed by atoms with Gasteiger partial charge in [-0.1, -0.05) is 29.3 Å². The molecule has 2 amide bonds. The Bertz CT molecular complexity index is 958. The summed E-state index contributed by atoms with van der Waals surface area (Å²) in [6.07, 6.45) is 4.85. The molecule has 0 radical (unpaired) electrons. The van der Waals surface area contributed by atoms with E-state index < -0.39 is 11.6 Å². The molecule has 1 saturated heterocycles. The van der Waals surface area contributed by atoms with Crippen LogP contribution in [-0.4, -0.2) is 29.2 Å². The molecule has 1 fully saturated rings. The van der Waals surface area contributed by atoms with Crippen molar-refractivity contribution in [2.24, 2.45) is 0 Å². The van der Waals surface area contributed by atoms with Gasteiger partial charge in [-0.05, 0) is 68.4 Å². The summed E-state index contributed by atoms with van der Waals surface area (Å²) >= 11 is 12.9. The van der Waals surface area contributed by atoms with Crippen molar-refractivity contribution >= 4 is 40.7 Å². The number of urea groups is 1. The van der Waals surface area contributed by atoms with Crippen molar-refractivity contribution in [3.63, 3.8) is 0 Å². The quantitative estimate of drug-likeness (QED) is 0.624. The van der Waals surface area contributed by atoms with Crippen LogP contribution < -0.4 is 15.5 Å². The first kappa shape index (κ1) is 21.2. The molecular weight excluding hydrogens is 423 g/mol. The molecule has 1 aliphatic carbocycles. The number of benzene rings is 1. The van der Waals surface area contributed by atoms with Gasteiger partial charge in [-0.2, -0.15) is 0 Å². The normalized spacial score (nSPS) is 20.7.